The fraction of sp³-hybridized carbons (Fsp3) is 0.333. The van der Waals surface area contributed by atoms with Crippen LogP contribution in [0, 0.1) is 0 Å². The van der Waals surface area contributed by atoms with Gasteiger partial charge in [-0.1, -0.05) is 0 Å². The number of alkyl halides is 3. The fourth-order valence-corrected chi connectivity index (χ4v) is 5.44. The Morgan fingerprint density at radius 2 is 1.39 bits per heavy atom. The maximum atomic E-state index is 13.4. The molecule has 2 heterocycles. The van der Waals surface area contributed by atoms with Gasteiger partial charge in [0.15, 0.2) is 0 Å². The molecule has 1 aromatic heterocycles. The lowest BCUT2D eigenvalue weighted by Crippen LogP contribution is -2.29. The van der Waals surface area contributed by atoms with Crippen LogP contribution < -0.4 is 14.4 Å². The molecule has 1 aliphatic rings. The summed E-state index contributed by atoms with van der Waals surface area (Å²) in [6.45, 7) is 5.70. The molecule has 1 aliphatic heterocycles. The first-order chi connectivity index (χ1) is 21.2. The summed E-state index contributed by atoms with van der Waals surface area (Å²) in [5.41, 5.74) is 3.10. The van der Waals surface area contributed by atoms with Crippen molar-refractivity contribution in [3.63, 3.8) is 0 Å². The van der Waals surface area contributed by atoms with Gasteiger partial charge in [-0.2, -0.15) is 0 Å². The Bertz CT molecular complexity index is 1610. The quantitative estimate of drug-likeness (QED) is 0.171. The molecule has 1 saturated heterocycles. The van der Waals surface area contributed by atoms with Crippen LogP contribution in [-0.2, 0) is 20.7 Å². The number of ether oxygens (including phenoxy) is 4. The van der Waals surface area contributed by atoms with Gasteiger partial charge in [0.25, 0.3) is 0 Å². The number of nitrogens with zero attached hydrogens (tertiary/aromatic N) is 2. The van der Waals surface area contributed by atoms with Crippen LogP contribution in [0.15, 0.2) is 66.7 Å². The summed E-state index contributed by atoms with van der Waals surface area (Å²) in [7, 11) is 0. The summed E-state index contributed by atoms with van der Waals surface area (Å²) in [4.78, 5) is 28.5. The predicted octanol–water partition coefficient (Wildman–Crippen LogP) is 7.59. The molecule has 232 valence electrons. The van der Waals surface area contributed by atoms with Crippen LogP contribution in [0.2, 0.25) is 0 Å². The van der Waals surface area contributed by atoms with Crippen molar-refractivity contribution in [2.24, 2.45) is 0 Å². The first-order valence-electron chi connectivity index (χ1n) is 14.6. The summed E-state index contributed by atoms with van der Waals surface area (Å²) < 4.78 is 60.0. The Morgan fingerprint density at radius 1 is 0.773 bits per heavy atom. The highest BCUT2D eigenvalue weighted by Crippen LogP contribution is 2.36. The molecule has 0 aliphatic carbocycles. The fourth-order valence-electron chi connectivity index (χ4n) is 5.44. The summed E-state index contributed by atoms with van der Waals surface area (Å²) in [5.74, 6) is -0.892. The lowest BCUT2D eigenvalue weighted by Gasteiger charge is -2.29. The van der Waals surface area contributed by atoms with Crippen molar-refractivity contribution in [2.45, 2.75) is 45.9 Å². The van der Waals surface area contributed by atoms with E-state index in [4.69, 9.17) is 14.2 Å². The highest BCUT2D eigenvalue weighted by atomic mass is 19.4. The van der Waals surface area contributed by atoms with Gasteiger partial charge in [-0.25, -0.2) is 4.79 Å². The number of benzene rings is 3. The second-order valence-electron chi connectivity index (χ2n) is 10.2. The SMILES string of the molecule is CCOC(=O)Cc1c(C(=O)OCC)c2cc(Oc3ccc(OC(F)(F)F)cc3)ccc2n1-c1ccc(N2CCCCC2)cc1. The summed E-state index contributed by atoms with van der Waals surface area (Å²) in [5, 5.41) is 0.484. The molecule has 0 bridgehead atoms. The Labute approximate surface area is 252 Å². The Balaban J connectivity index is 1.58. The van der Waals surface area contributed by atoms with Gasteiger partial charge in [0.05, 0.1) is 30.7 Å². The average molecular weight is 611 g/mol. The summed E-state index contributed by atoms with van der Waals surface area (Å²) in [6.07, 6.45) is -1.47. The number of piperidine rings is 1. The van der Waals surface area contributed by atoms with E-state index in [-0.39, 0.29) is 36.7 Å². The molecule has 1 fully saturated rings. The highest BCUT2D eigenvalue weighted by Gasteiger charge is 2.31. The van der Waals surface area contributed by atoms with Crippen molar-refractivity contribution in [1.29, 1.82) is 0 Å². The van der Waals surface area contributed by atoms with Gasteiger partial charge in [0.2, 0.25) is 0 Å². The van der Waals surface area contributed by atoms with Crippen molar-refractivity contribution in [3.8, 4) is 22.9 Å². The molecular formula is C33H33F3N2O6. The molecule has 0 N–H and O–H groups in total. The van der Waals surface area contributed by atoms with Crippen LogP contribution in [0.25, 0.3) is 16.6 Å². The number of anilines is 1. The number of hydrogen-bond donors (Lipinski definition) is 0. The van der Waals surface area contributed by atoms with Crippen molar-refractivity contribution < 1.29 is 41.7 Å². The first kappa shape index (κ1) is 30.8. The van der Waals surface area contributed by atoms with E-state index < -0.39 is 18.3 Å². The number of aromatic nitrogens is 1. The van der Waals surface area contributed by atoms with Crippen molar-refractivity contribution in [3.05, 3.63) is 78.0 Å². The molecule has 11 heteroatoms. The Hall–Kier alpha value is -4.67. The van der Waals surface area contributed by atoms with Gasteiger partial charge < -0.3 is 28.4 Å². The van der Waals surface area contributed by atoms with E-state index in [0.717, 1.165) is 49.4 Å². The molecule has 3 aromatic carbocycles. The van der Waals surface area contributed by atoms with Gasteiger partial charge in [0.1, 0.15) is 17.2 Å². The van der Waals surface area contributed by atoms with Gasteiger partial charge >= 0.3 is 18.3 Å². The molecule has 8 nitrogen and oxygen atoms in total. The lowest BCUT2D eigenvalue weighted by atomic mass is 10.1. The number of hydrogen-bond acceptors (Lipinski definition) is 7. The number of fused-ring (bicyclic) bond motifs is 1. The molecule has 0 spiro atoms. The lowest BCUT2D eigenvalue weighted by molar-refractivity contribution is -0.274. The average Bonchev–Trinajstić information content (AvgIpc) is 3.31. The third-order valence-corrected chi connectivity index (χ3v) is 7.26. The topological polar surface area (TPSA) is 79.2 Å². The van der Waals surface area contributed by atoms with E-state index in [1.54, 1.807) is 32.0 Å². The number of carbonyl (C=O) groups is 2. The van der Waals surface area contributed by atoms with Crippen LogP contribution >= 0.6 is 0 Å². The molecular weight excluding hydrogens is 577 g/mol. The van der Waals surface area contributed by atoms with E-state index >= 15 is 0 Å². The smallest absolute Gasteiger partial charge is 0.466 e. The van der Waals surface area contributed by atoms with Crippen molar-refractivity contribution in [1.82, 2.24) is 4.57 Å². The Kier molecular flexibility index (Phi) is 9.32. The molecule has 0 saturated carbocycles. The monoisotopic (exact) mass is 610 g/mol. The first-order valence-corrected chi connectivity index (χ1v) is 14.6. The van der Waals surface area contributed by atoms with Gasteiger partial charge in [-0.05, 0) is 99.8 Å². The summed E-state index contributed by atoms with van der Waals surface area (Å²) >= 11 is 0. The molecule has 0 atom stereocenters. The Morgan fingerprint density at radius 3 is 2.02 bits per heavy atom. The highest BCUT2D eigenvalue weighted by molar-refractivity contribution is 6.07. The minimum Gasteiger partial charge on any atom is -0.466 e. The zero-order valence-corrected chi connectivity index (χ0v) is 24.5. The van der Waals surface area contributed by atoms with E-state index in [9.17, 15) is 22.8 Å². The number of esters is 2. The largest absolute Gasteiger partial charge is 0.573 e. The van der Waals surface area contributed by atoms with Crippen molar-refractivity contribution >= 4 is 28.5 Å². The molecule has 5 rings (SSSR count). The van der Waals surface area contributed by atoms with Crippen LogP contribution in [0.1, 0.15) is 49.2 Å². The minimum absolute atomic E-state index is 0.122. The maximum Gasteiger partial charge on any atom is 0.573 e. The summed E-state index contributed by atoms with van der Waals surface area (Å²) in [6, 6.07) is 18.1. The number of halogens is 3. The molecule has 4 aromatic rings. The number of carbonyl (C=O) groups excluding carboxylic acids is 2. The van der Waals surface area contributed by atoms with Crippen LogP contribution in [0.4, 0.5) is 18.9 Å². The molecule has 0 radical (unpaired) electrons. The number of rotatable bonds is 10. The standard InChI is InChI=1S/C33H33F3N2O6/c1-3-41-30(39)21-29-31(32(40)42-4-2)27-20-26(43-24-12-14-25(15-13-24)44-33(34,35)36)16-17-28(27)38(29)23-10-8-22(9-11-23)37-18-6-5-7-19-37/h8-17,20H,3-7,18-19,21H2,1-2H3. The van der Waals surface area contributed by atoms with Gasteiger partial charge in [0, 0.05) is 35.5 Å². The van der Waals surface area contributed by atoms with Crippen LogP contribution in [0.5, 0.6) is 17.2 Å². The third-order valence-electron chi connectivity index (χ3n) is 7.26. The molecule has 0 amide bonds. The van der Waals surface area contributed by atoms with Gasteiger partial charge in [-0.3, -0.25) is 4.79 Å². The van der Waals surface area contributed by atoms with E-state index in [0.29, 0.717) is 22.3 Å². The van der Waals surface area contributed by atoms with Crippen LogP contribution in [0.3, 0.4) is 0 Å². The zero-order chi connectivity index (χ0) is 31.3. The third kappa shape index (κ3) is 7.10. The zero-order valence-electron chi connectivity index (χ0n) is 24.5. The van der Waals surface area contributed by atoms with E-state index in [1.807, 2.05) is 28.8 Å². The second kappa shape index (κ2) is 13.3. The molecule has 44 heavy (non-hydrogen) atoms. The van der Waals surface area contributed by atoms with Gasteiger partial charge in [-0.15, -0.1) is 13.2 Å². The second-order valence-corrected chi connectivity index (χ2v) is 10.2. The predicted molar refractivity (Wildman–Crippen MR) is 159 cm³/mol. The van der Waals surface area contributed by atoms with Crippen LogP contribution in [-0.4, -0.2) is 49.2 Å². The van der Waals surface area contributed by atoms with E-state index in [1.165, 1.54) is 18.6 Å². The minimum atomic E-state index is -4.81. The molecule has 0 unspecified atom stereocenters. The maximum absolute atomic E-state index is 13.4. The normalized spacial score (nSPS) is 13.5. The van der Waals surface area contributed by atoms with Crippen molar-refractivity contribution in [2.75, 3.05) is 31.2 Å². The van der Waals surface area contributed by atoms with E-state index in [2.05, 4.69) is 9.64 Å².